The number of aryl methyl sites for hydroxylation is 2. The maximum absolute atomic E-state index is 11.9. The van der Waals surface area contributed by atoms with Gasteiger partial charge in [0.05, 0.1) is 11.5 Å². The van der Waals surface area contributed by atoms with E-state index in [1.807, 2.05) is 32.0 Å². The van der Waals surface area contributed by atoms with Crippen molar-refractivity contribution in [3.05, 3.63) is 34.9 Å². The van der Waals surface area contributed by atoms with Crippen molar-refractivity contribution in [3.63, 3.8) is 0 Å². The second-order valence-corrected chi connectivity index (χ2v) is 6.95. The summed E-state index contributed by atoms with van der Waals surface area (Å²) in [6.07, 6.45) is 0. The van der Waals surface area contributed by atoms with Crippen LogP contribution in [0.1, 0.15) is 23.6 Å². The summed E-state index contributed by atoms with van der Waals surface area (Å²) < 4.78 is 23.8. The zero-order chi connectivity index (χ0) is 13.1. The number of hydrogen-bond donors (Lipinski definition) is 1. The van der Waals surface area contributed by atoms with Crippen molar-refractivity contribution < 1.29 is 13.5 Å². The number of aliphatic hydroxyl groups is 1. The molecule has 1 N–H and O–H groups in total. The van der Waals surface area contributed by atoms with Crippen molar-refractivity contribution >= 4 is 9.84 Å². The molecule has 1 unspecified atom stereocenters. The van der Waals surface area contributed by atoms with Crippen LogP contribution in [0.4, 0.5) is 0 Å². The fourth-order valence-corrected chi connectivity index (χ4v) is 3.72. The second-order valence-electron chi connectivity index (χ2n) is 4.84. The molecule has 0 heterocycles. The van der Waals surface area contributed by atoms with Crippen LogP contribution in [0, 0.1) is 19.8 Å². The summed E-state index contributed by atoms with van der Waals surface area (Å²) in [5.41, 5.74) is 2.98. The quantitative estimate of drug-likeness (QED) is 0.874. The standard InChI is InChI=1S/C13H20O3S/c1-10-4-11(2)6-13(5-10)9-17(15,16)8-12(3)7-14/h4-6,12,14H,7-9H2,1-3H3. The molecule has 0 amide bonds. The molecule has 1 atom stereocenters. The Balaban J connectivity index is 2.83. The monoisotopic (exact) mass is 256 g/mol. The maximum atomic E-state index is 11.9. The lowest BCUT2D eigenvalue weighted by Crippen LogP contribution is -2.18. The highest BCUT2D eigenvalue weighted by molar-refractivity contribution is 7.90. The molecule has 1 aromatic rings. The van der Waals surface area contributed by atoms with Gasteiger partial charge in [-0.3, -0.25) is 0 Å². The molecule has 0 aliphatic heterocycles. The minimum atomic E-state index is -3.14. The highest BCUT2D eigenvalue weighted by Crippen LogP contribution is 2.14. The summed E-state index contributed by atoms with van der Waals surface area (Å²) in [5.74, 6) is -0.109. The predicted molar refractivity (Wildman–Crippen MR) is 69.7 cm³/mol. The SMILES string of the molecule is Cc1cc(C)cc(CS(=O)(=O)CC(C)CO)c1. The number of aliphatic hydroxyl groups excluding tert-OH is 1. The first kappa shape index (κ1) is 14.2. The van der Waals surface area contributed by atoms with E-state index in [1.54, 1.807) is 6.92 Å². The van der Waals surface area contributed by atoms with E-state index in [2.05, 4.69) is 0 Å². The van der Waals surface area contributed by atoms with Gasteiger partial charge in [0.1, 0.15) is 0 Å². The van der Waals surface area contributed by atoms with Gasteiger partial charge in [-0.25, -0.2) is 8.42 Å². The first-order valence-electron chi connectivity index (χ1n) is 5.71. The van der Waals surface area contributed by atoms with Crippen LogP contribution in [-0.4, -0.2) is 25.9 Å². The Morgan fingerprint density at radius 1 is 1.18 bits per heavy atom. The Hall–Kier alpha value is -0.870. The summed E-state index contributed by atoms with van der Waals surface area (Å²) in [5, 5.41) is 8.89. The number of sulfone groups is 1. The molecule has 0 radical (unpaired) electrons. The van der Waals surface area contributed by atoms with Crippen LogP contribution >= 0.6 is 0 Å². The number of benzene rings is 1. The molecule has 0 saturated heterocycles. The Morgan fingerprint density at radius 3 is 2.18 bits per heavy atom. The smallest absolute Gasteiger partial charge is 0.154 e. The average Bonchev–Trinajstić information content (AvgIpc) is 2.13. The molecule has 3 nitrogen and oxygen atoms in total. The molecule has 0 aromatic heterocycles. The summed E-state index contributed by atoms with van der Waals surface area (Å²) in [6, 6.07) is 5.81. The largest absolute Gasteiger partial charge is 0.396 e. The van der Waals surface area contributed by atoms with Crippen molar-refractivity contribution in [2.24, 2.45) is 5.92 Å². The lowest BCUT2D eigenvalue weighted by molar-refractivity contribution is 0.249. The van der Waals surface area contributed by atoms with Crippen LogP contribution in [0.15, 0.2) is 18.2 Å². The van der Waals surface area contributed by atoms with Gasteiger partial charge in [-0.05, 0) is 25.3 Å². The fraction of sp³-hybridized carbons (Fsp3) is 0.538. The Kier molecular flexibility index (Phi) is 4.71. The van der Waals surface area contributed by atoms with E-state index in [-0.39, 0.29) is 24.0 Å². The van der Waals surface area contributed by atoms with E-state index in [4.69, 9.17) is 5.11 Å². The lowest BCUT2D eigenvalue weighted by Gasteiger charge is -2.10. The first-order valence-corrected chi connectivity index (χ1v) is 7.53. The van der Waals surface area contributed by atoms with Gasteiger partial charge in [-0.2, -0.15) is 0 Å². The van der Waals surface area contributed by atoms with E-state index in [9.17, 15) is 8.42 Å². The zero-order valence-corrected chi connectivity index (χ0v) is 11.4. The van der Waals surface area contributed by atoms with E-state index < -0.39 is 9.84 Å². The highest BCUT2D eigenvalue weighted by atomic mass is 32.2. The van der Waals surface area contributed by atoms with E-state index in [1.165, 1.54) is 0 Å². The molecule has 1 aromatic carbocycles. The molecule has 4 heteroatoms. The summed E-state index contributed by atoms with van der Waals surface area (Å²) >= 11 is 0. The number of hydrogen-bond acceptors (Lipinski definition) is 3. The van der Waals surface area contributed by atoms with Crippen molar-refractivity contribution in [2.45, 2.75) is 26.5 Å². The van der Waals surface area contributed by atoms with Gasteiger partial charge in [-0.1, -0.05) is 36.2 Å². The molecular formula is C13H20O3S. The van der Waals surface area contributed by atoms with E-state index >= 15 is 0 Å². The van der Waals surface area contributed by atoms with Gasteiger partial charge in [-0.15, -0.1) is 0 Å². The van der Waals surface area contributed by atoms with E-state index in [0.717, 1.165) is 16.7 Å². The zero-order valence-electron chi connectivity index (χ0n) is 10.6. The maximum Gasteiger partial charge on any atom is 0.154 e. The molecule has 0 fully saturated rings. The summed E-state index contributed by atoms with van der Waals surface area (Å²) in [6.45, 7) is 5.56. The summed E-state index contributed by atoms with van der Waals surface area (Å²) in [4.78, 5) is 0. The minimum absolute atomic E-state index is 0.0382. The third-order valence-corrected chi connectivity index (χ3v) is 4.37. The molecule has 17 heavy (non-hydrogen) atoms. The van der Waals surface area contributed by atoms with Gasteiger partial charge in [0.15, 0.2) is 9.84 Å². The highest BCUT2D eigenvalue weighted by Gasteiger charge is 2.16. The Labute approximate surface area is 103 Å². The lowest BCUT2D eigenvalue weighted by atomic mass is 10.1. The van der Waals surface area contributed by atoms with Crippen LogP contribution in [0.25, 0.3) is 0 Å². The average molecular weight is 256 g/mol. The molecule has 96 valence electrons. The van der Waals surface area contributed by atoms with Crippen LogP contribution in [0.3, 0.4) is 0 Å². The summed E-state index contributed by atoms with van der Waals surface area (Å²) in [7, 11) is -3.14. The van der Waals surface area contributed by atoms with Gasteiger partial charge >= 0.3 is 0 Å². The van der Waals surface area contributed by atoms with Gasteiger partial charge < -0.3 is 5.11 Å². The molecule has 0 saturated carbocycles. The minimum Gasteiger partial charge on any atom is -0.396 e. The Bertz CT molecular complexity index is 457. The third-order valence-electron chi connectivity index (χ3n) is 2.52. The van der Waals surface area contributed by atoms with Crippen molar-refractivity contribution in [2.75, 3.05) is 12.4 Å². The molecule has 0 aliphatic carbocycles. The van der Waals surface area contributed by atoms with E-state index in [0.29, 0.717) is 0 Å². The Morgan fingerprint density at radius 2 is 1.71 bits per heavy atom. The van der Waals surface area contributed by atoms with Crippen LogP contribution in [-0.2, 0) is 15.6 Å². The first-order chi connectivity index (χ1) is 7.82. The topological polar surface area (TPSA) is 54.4 Å². The van der Waals surface area contributed by atoms with Crippen LogP contribution in [0.2, 0.25) is 0 Å². The van der Waals surface area contributed by atoms with Crippen molar-refractivity contribution in [1.82, 2.24) is 0 Å². The van der Waals surface area contributed by atoms with Crippen LogP contribution in [0.5, 0.6) is 0 Å². The van der Waals surface area contributed by atoms with Crippen molar-refractivity contribution in [1.29, 1.82) is 0 Å². The third kappa shape index (κ3) is 4.88. The van der Waals surface area contributed by atoms with Gasteiger partial charge in [0.25, 0.3) is 0 Å². The second kappa shape index (κ2) is 5.65. The van der Waals surface area contributed by atoms with Crippen LogP contribution < -0.4 is 0 Å². The van der Waals surface area contributed by atoms with Gasteiger partial charge in [0, 0.05) is 6.61 Å². The normalized spacial score (nSPS) is 13.6. The molecule has 0 aliphatic rings. The predicted octanol–water partition coefficient (Wildman–Crippen LogP) is 1.85. The van der Waals surface area contributed by atoms with Crippen molar-refractivity contribution in [3.8, 4) is 0 Å². The number of rotatable bonds is 5. The molecule has 1 rings (SSSR count). The molecule has 0 spiro atoms. The fourth-order valence-electron chi connectivity index (χ4n) is 1.95. The van der Waals surface area contributed by atoms with Gasteiger partial charge in [0.2, 0.25) is 0 Å². The molecule has 0 bridgehead atoms. The molecular weight excluding hydrogens is 236 g/mol.